The highest BCUT2D eigenvalue weighted by molar-refractivity contribution is 5.57. The first kappa shape index (κ1) is 15.0. The van der Waals surface area contributed by atoms with Crippen LogP contribution in [-0.4, -0.2) is 4.57 Å². The molecule has 0 aliphatic heterocycles. The molecule has 0 spiro atoms. The summed E-state index contributed by atoms with van der Waals surface area (Å²) in [6, 6.07) is 9.92. The number of anilines is 1. The van der Waals surface area contributed by atoms with Gasteiger partial charge in [-0.1, -0.05) is 13.0 Å². The lowest BCUT2D eigenvalue weighted by Gasteiger charge is -2.18. The van der Waals surface area contributed by atoms with E-state index in [1.165, 1.54) is 5.56 Å². The molecule has 4 heteroatoms. The Morgan fingerprint density at radius 2 is 2.00 bits per heavy atom. The Kier molecular flexibility index (Phi) is 4.23. The Bertz CT molecular complexity index is 695. The molecule has 21 heavy (non-hydrogen) atoms. The number of benzene rings is 1. The Labute approximate surface area is 125 Å². The van der Waals surface area contributed by atoms with Crippen LogP contribution in [-0.2, 0) is 0 Å². The van der Waals surface area contributed by atoms with E-state index in [4.69, 9.17) is 10.5 Å². The average Bonchev–Trinajstić information content (AvgIpc) is 2.78. The van der Waals surface area contributed by atoms with Crippen LogP contribution in [0.4, 0.5) is 5.69 Å². The molecule has 110 valence electrons. The van der Waals surface area contributed by atoms with E-state index in [0.717, 1.165) is 17.7 Å². The molecule has 1 heterocycles. The number of hydrogen-bond acceptors (Lipinski definition) is 3. The fourth-order valence-electron chi connectivity index (χ4n) is 2.23. The summed E-state index contributed by atoms with van der Waals surface area (Å²) in [6.45, 7) is 8.22. The van der Waals surface area contributed by atoms with Gasteiger partial charge in [0.2, 0.25) is 5.88 Å². The molecule has 1 atom stereocenters. The van der Waals surface area contributed by atoms with Crippen LogP contribution in [0.3, 0.4) is 0 Å². The number of hydrogen-bond donors (Lipinski definition) is 1. The third kappa shape index (κ3) is 2.87. The third-order valence-electron chi connectivity index (χ3n) is 3.86. The van der Waals surface area contributed by atoms with Gasteiger partial charge in [0.05, 0.1) is 5.69 Å². The number of nitriles is 1. The van der Waals surface area contributed by atoms with Gasteiger partial charge in [-0.15, -0.1) is 0 Å². The molecular formula is C17H21N3O. The van der Waals surface area contributed by atoms with Crippen molar-refractivity contribution in [2.45, 2.75) is 40.2 Å². The zero-order chi connectivity index (χ0) is 15.6. The largest absolute Gasteiger partial charge is 0.439 e. The van der Waals surface area contributed by atoms with Gasteiger partial charge in [-0.25, -0.2) is 0 Å². The second-order valence-electron chi connectivity index (χ2n) is 5.38. The van der Waals surface area contributed by atoms with Crippen molar-refractivity contribution < 1.29 is 4.74 Å². The topological polar surface area (TPSA) is 64.0 Å². The molecule has 0 aliphatic rings. The Balaban J connectivity index is 2.46. The average molecular weight is 283 g/mol. The van der Waals surface area contributed by atoms with E-state index < -0.39 is 0 Å². The highest BCUT2D eigenvalue weighted by atomic mass is 16.5. The van der Waals surface area contributed by atoms with Gasteiger partial charge < -0.3 is 10.5 Å². The van der Waals surface area contributed by atoms with Gasteiger partial charge in [-0.2, -0.15) is 5.26 Å². The zero-order valence-corrected chi connectivity index (χ0v) is 13.0. The molecule has 2 rings (SSSR count). The first-order chi connectivity index (χ1) is 9.97. The molecule has 0 radical (unpaired) electrons. The monoisotopic (exact) mass is 283 g/mol. The summed E-state index contributed by atoms with van der Waals surface area (Å²) in [7, 11) is 0. The molecule has 2 N–H and O–H groups in total. The molecule has 0 fully saturated rings. The van der Waals surface area contributed by atoms with Gasteiger partial charge in [0.15, 0.2) is 0 Å². The molecule has 0 amide bonds. The number of nitrogen functional groups attached to an aromatic ring is 1. The summed E-state index contributed by atoms with van der Waals surface area (Å²) in [5.74, 6) is 1.28. The molecule has 1 unspecified atom stereocenters. The summed E-state index contributed by atoms with van der Waals surface area (Å²) in [5, 5.41) is 9.27. The summed E-state index contributed by atoms with van der Waals surface area (Å²) in [5.41, 5.74) is 9.42. The molecule has 1 aromatic heterocycles. The van der Waals surface area contributed by atoms with Crippen LogP contribution in [0.15, 0.2) is 24.3 Å². The summed E-state index contributed by atoms with van der Waals surface area (Å²) >= 11 is 0. The molecule has 2 aromatic rings. The Hall–Kier alpha value is -2.41. The van der Waals surface area contributed by atoms with E-state index in [0.29, 0.717) is 17.3 Å². The standard InChI is InChI=1S/C17H21N3O/c1-5-13(4)20-14(10-18)9-16(19)17(20)21-15-7-6-11(2)12(3)8-15/h6-9,13H,5,19H2,1-4H3. The number of aromatic nitrogens is 1. The lowest BCUT2D eigenvalue weighted by atomic mass is 10.1. The number of nitrogens with zero attached hydrogens (tertiary/aromatic N) is 2. The van der Waals surface area contributed by atoms with Crippen LogP contribution in [0.1, 0.15) is 43.1 Å². The number of ether oxygens (including phenoxy) is 1. The summed E-state index contributed by atoms with van der Waals surface area (Å²) in [6.07, 6.45) is 0.895. The second kappa shape index (κ2) is 5.92. The smallest absolute Gasteiger partial charge is 0.224 e. The number of rotatable bonds is 4. The highest BCUT2D eigenvalue weighted by Crippen LogP contribution is 2.35. The van der Waals surface area contributed by atoms with Crippen LogP contribution in [0.25, 0.3) is 0 Å². The first-order valence-electron chi connectivity index (χ1n) is 7.13. The minimum Gasteiger partial charge on any atom is -0.439 e. The quantitative estimate of drug-likeness (QED) is 0.908. The van der Waals surface area contributed by atoms with E-state index in [1.54, 1.807) is 6.07 Å². The molecule has 4 nitrogen and oxygen atoms in total. The lowest BCUT2D eigenvalue weighted by molar-refractivity contribution is 0.397. The van der Waals surface area contributed by atoms with Crippen molar-refractivity contribution >= 4 is 5.69 Å². The van der Waals surface area contributed by atoms with Crippen molar-refractivity contribution in [3.8, 4) is 17.7 Å². The Morgan fingerprint density at radius 1 is 1.29 bits per heavy atom. The van der Waals surface area contributed by atoms with Crippen LogP contribution >= 0.6 is 0 Å². The maximum absolute atomic E-state index is 9.27. The molecule has 0 bridgehead atoms. The fraction of sp³-hybridized carbons (Fsp3) is 0.353. The van der Waals surface area contributed by atoms with Crippen molar-refractivity contribution in [2.75, 3.05) is 5.73 Å². The molecule has 0 aliphatic carbocycles. The zero-order valence-electron chi connectivity index (χ0n) is 13.0. The second-order valence-corrected chi connectivity index (χ2v) is 5.38. The normalized spacial score (nSPS) is 12.0. The predicted molar refractivity (Wildman–Crippen MR) is 84.6 cm³/mol. The number of nitrogens with two attached hydrogens (primary N) is 1. The SMILES string of the molecule is CCC(C)n1c(C#N)cc(N)c1Oc1ccc(C)c(C)c1. The molecule has 0 saturated carbocycles. The highest BCUT2D eigenvalue weighted by Gasteiger charge is 2.19. The lowest BCUT2D eigenvalue weighted by Crippen LogP contribution is -2.08. The van der Waals surface area contributed by atoms with Gasteiger partial charge in [0.1, 0.15) is 17.5 Å². The van der Waals surface area contributed by atoms with Crippen LogP contribution in [0.2, 0.25) is 0 Å². The van der Waals surface area contributed by atoms with Crippen LogP contribution < -0.4 is 10.5 Å². The van der Waals surface area contributed by atoms with E-state index in [1.807, 2.05) is 36.6 Å². The minimum absolute atomic E-state index is 0.151. The van der Waals surface area contributed by atoms with Crippen molar-refractivity contribution in [1.29, 1.82) is 5.26 Å². The summed E-state index contributed by atoms with van der Waals surface area (Å²) in [4.78, 5) is 0. The molecular weight excluding hydrogens is 262 g/mol. The van der Waals surface area contributed by atoms with Crippen LogP contribution in [0.5, 0.6) is 11.6 Å². The van der Waals surface area contributed by atoms with Gasteiger partial charge in [-0.3, -0.25) is 4.57 Å². The van der Waals surface area contributed by atoms with E-state index >= 15 is 0 Å². The maximum Gasteiger partial charge on any atom is 0.224 e. The van der Waals surface area contributed by atoms with Gasteiger partial charge in [0, 0.05) is 12.1 Å². The van der Waals surface area contributed by atoms with Crippen molar-refractivity contribution in [3.05, 3.63) is 41.1 Å². The fourth-order valence-corrected chi connectivity index (χ4v) is 2.23. The minimum atomic E-state index is 0.151. The Morgan fingerprint density at radius 3 is 2.57 bits per heavy atom. The maximum atomic E-state index is 9.27. The molecule has 1 aromatic carbocycles. The van der Waals surface area contributed by atoms with Gasteiger partial charge in [0.25, 0.3) is 0 Å². The van der Waals surface area contributed by atoms with Gasteiger partial charge >= 0.3 is 0 Å². The third-order valence-corrected chi connectivity index (χ3v) is 3.86. The first-order valence-corrected chi connectivity index (χ1v) is 7.13. The number of aryl methyl sites for hydroxylation is 2. The van der Waals surface area contributed by atoms with Crippen molar-refractivity contribution in [2.24, 2.45) is 0 Å². The van der Waals surface area contributed by atoms with E-state index in [-0.39, 0.29) is 6.04 Å². The van der Waals surface area contributed by atoms with Gasteiger partial charge in [-0.05, 0) is 50.5 Å². The predicted octanol–water partition coefficient (Wildman–Crippen LogP) is 4.32. The van der Waals surface area contributed by atoms with Crippen LogP contribution in [0, 0.1) is 25.2 Å². The summed E-state index contributed by atoms with van der Waals surface area (Å²) < 4.78 is 7.83. The molecule has 0 saturated heterocycles. The van der Waals surface area contributed by atoms with E-state index in [9.17, 15) is 5.26 Å². The van der Waals surface area contributed by atoms with E-state index in [2.05, 4.69) is 19.9 Å². The van der Waals surface area contributed by atoms with Crippen molar-refractivity contribution in [1.82, 2.24) is 4.57 Å². The van der Waals surface area contributed by atoms with Crippen molar-refractivity contribution in [3.63, 3.8) is 0 Å².